The van der Waals surface area contributed by atoms with Gasteiger partial charge in [0.25, 0.3) is 5.91 Å². The zero-order chi connectivity index (χ0) is 21.4. The van der Waals surface area contributed by atoms with Crippen molar-refractivity contribution < 1.29 is 17.8 Å². The number of amides is 1. The van der Waals surface area contributed by atoms with E-state index >= 15 is 0 Å². The molecule has 1 aromatic heterocycles. The molecule has 0 radical (unpaired) electrons. The third-order valence-corrected chi connectivity index (χ3v) is 6.66. The van der Waals surface area contributed by atoms with E-state index in [4.69, 9.17) is 4.42 Å². The summed E-state index contributed by atoms with van der Waals surface area (Å²) < 4.78 is 35.9. The van der Waals surface area contributed by atoms with Crippen molar-refractivity contribution in [3.8, 4) is 11.3 Å². The molecule has 1 unspecified atom stereocenters. The summed E-state index contributed by atoms with van der Waals surface area (Å²) in [7, 11) is 5.13. The summed E-state index contributed by atoms with van der Waals surface area (Å²) in [6, 6.07) is 9.71. The number of anilines is 1. The summed E-state index contributed by atoms with van der Waals surface area (Å²) in [5.74, 6) is -0.231. The van der Waals surface area contributed by atoms with Crippen molar-refractivity contribution >= 4 is 33.7 Å². The van der Waals surface area contributed by atoms with Crippen molar-refractivity contribution in [2.24, 2.45) is 0 Å². The Morgan fingerprint density at radius 2 is 1.93 bits per heavy atom. The monoisotopic (exact) mass is 429 g/mol. The van der Waals surface area contributed by atoms with E-state index in [-0.39, 0.29) is 11.7 Å². The Hall–Kier alpha value is -2.71. The summed E-state index contributed by atoms with van der Waals surface area (Å²) in [5.41, 5.74) is 3.47. The molecule has 4 rings (SSSR count). The van der Waals surface area contributed by atoms with Crippen LogP contribution in [-0.2, 0) is 17.6 Å². The molecule has 1 atom stereocenters. The minimum absolute atomic E-state index is 0.268. The largest absolute Gasteiger partial charge is 0.455 e. The number of halogens is 1. The molecule has 2 heterocycles. The number of aryl methyl sites for hydroxylation is 1. The van der Waals surface area contributed by atoms with Crippen molar-refractivity contribution in [3.63, 3.8) is 0 Å². The average molecular weight is 430 g/mol. The number of carbonyl (C=O) groups is 1. The second-order valence-electron chi connectivity index (χ2n) is 7.47. The Morgan fingerprint density at radius 1 is 1.20 bits per heavy atom. The van der Waals surface area contributed by atoms with Gasteiger partial charge in [0.15, 0.2) is 11.2 Å². The van der Waals surface area contributed by atoms with Crippen LogP contribution in [0, 0.1) is 5.82 Å². The maximum absolute atomic E-state index is 13.4. The number of hydrogen-bond acceptors (Lipinski definition) is 3. The predicted octanol–water partition coefficient (Wildman–Crippen LogP) is 3.88. The number of nitrogens with one attached hydrogen (secondary N) is 1. The summed E-state index contributed by atoms with van der Waals surface area (Å²) >= 11 is -1.32. The van der Waals surface area contributed by atoms with Crippen LogP contribution in [0.1, 0.15) is 28.8 Å². The van der Waals surface area contributed by atoms with Gasteiger partial charge in [-0.15, -0.1) is 0 Å². The van der Waals surface area contributed by atoms with E-state index in [1.807, 2.05) is 16.4 Å². The Labute approximate surface area is 177 Å². The van der Waals surface area contributed by atoms with Crippen LogP contribution in [0.25, 0.3) is 22.3 Å². The van der Waals surface area contributed by atoms with Gasteiger partial charge in [-0.05, 0) is 55.2 Å². The van der Waals surface area contributed by atoms with Gasteiger partial charge in [-0.25, -0.2) is 12.9 Å². The zero-order valence-electron chi connectivity index (χ0n) is 17.2. The predicted molar refractivity (Wildman–Crippen MR) is 117 cm³/mol. The van der Waals surface area contributed by atoms with Gasteiger partial charge in [0.1, 0.15) is 17.2 Å². The van der Waals surface area contributed by atoms with Crippen molar-refractivity contribution in [1.82, 2.24) is 9.62 Å². The SMILES string of the molecule is CNC(=O)c1c(-c2ccc(F)cc2)oc2cc3c(cc12)CCCCN3S(=O)N(C)C. The van der Waals surface area contributed by atoms with Crippen molar-refractivity contribution in [2.75, 3.05) is 32.0 Å². The topological polar surface area (TPSA) is 65.8 Å². The molecule has 3 aromatic rings. The zero-order valence-corrected chi connectivity index (χ0v) is 18.0. The first kappa shape index (κ1) is 20.6. The van der Waals surface area contributed by atoms with Gasteiger partial charge in [-0.2, -0.15) is 0 Å². The summed E-state index contributed by atoms with van der Waals surface area (Å²) in [5, 5.41) is 3.38. The van der Waals surface area contributed by atoms with Crippen LogP contribution in [-0.4, -0.2) is 42.1 Å². The maximum Gasteiger partial charge on any atom is 0.255 e. The van der Waals surface area contributed by atoms with Gasteiger partial charge in [0.2, 0.25) is 0 Å². The molecule has 8 heteroatoms. The molecule has 1 N–H and O–H groups in total. The quantitative estimate of drug-likeness (QED) is 0.685. The Kier molecular flexibility index (Phi) is 5.62. The van der Waals surface area contributed by atoms with Crippen molar-refractivity contribution in [2.45, 2.75) is 19.3 Å². The second-order valence-corrected chi connectivity index (χ2v) is 9.10. The molecule has 0 spiro atoms. The molecule has 1 aliphatic heterocycles. The van der Waals surface area contributed by atoms with E-state index in [0.29, 0.717) is 34.4 Å². The standard InChI is InChI=1S/C22H24FN3O3S/c1-24-22(27)20-17-12-15-6-4-5-11-26(30(28)25(2)3)18(15)13-19(17)29-21(20)14-7-9-16(23)10-8-14/h7-10,12-13H,4-6,11H2,1-3H3,(H,24,27). The molecular formula is C22H24FN3O3S. The summed E-state index contributed by atoms with van der Waals surface area (Å²) in [6.45, 7) is 0.678. The highest BCUT2D eigenvalue weighted by Gasteiger charge is 2.27. The van der Waals surface area contributed by atoms with E-state index in [9.17, 15) is 13.4 Å². The van der Waals surface area contributed by atoms with Gasteiger partial charge in [0.05, 0.1) is 11.3 Å². The second kappa shape index (κ2) is 8.20. The molecule has 0 saturated heterocycles. The fourth-order valence-electron chi connectivity index (χ4n) is 3.82. The summed E-state index contributed by atoms with van der Waals surface area (Å²) in [6.07, 6.45) is 2.73. The van der Waals surface area contributed by atoms with Gasteiger partial charge in [-0.1, -0.05) is 0 Å². The molecule has 1 amide bonds. The van der Waals surface area contributed by atoms with Crippen LogP contribution in [0.5, 0.6) is 0 Å². The van der Waals surface area contributed by atoms with Gasteiger partial charge >= 0.3 is 0 Å². The number of fused-ring (bicyclic) bond motifs is 2. The van der Waals surface area contributed by atoms with E-state index in [1.54, 1.807) is 37.6 Å². The average Bonchev–Trinajstić information content (AvgIpc) is 2.98. The third-order valence-electron chi connectivity index (χ3n) is 5.28. The molecule has 0 fully saturated rings. The normalized spacial score (nSPS) is 15.2. The fourth-order valence-corrected chi connectivity index (χ4v) is 4.83. The van der Waals surface area contributed by atoms with Crippen LogP contribution in [0.2, 0.25) is 0 Å². The Bertz CT molecular complexity index is 1120. The third kappa shape index (κ3) is 3.61. The smallest absolute Gasteiger partial charge is 0.255 e. The molecule has 2 aromatic carbocycles. The van der Waals surface area contributed by atoms with Crippen molar-refractivity contribution in [3.05, 3.63) is 53.3 Å². The first-order chi connectivity index (χ1) is 14.4. The van der Waals surface area contributed by atoms with E-state index in [1.165, 1.54) is 12.1 Å². The minimum Gasteiger partial charge on any atom is -0.455 e. The van der Waals surface area contributed by atoms with Crippen LogP contribution in [0.4, 0.5) is 10.1 Å². The lowest BCUT2D eigenvalue weighted by atomic mass is 10.0. The molecule has 158 valence electrons. The number of hydrogen-bond donors (Lipinski definition) is 1. The first-order valence-corrected chi connectivity index (χ1v) is 10.9. The van der Waals surface area contributed by atoms with Gasteiger partial charge < -0.3 is 9.73 Å². The number of benzene rings is 2. The van der Waals surface area contributed by atoms with Crippen LogP contribution in [0.15, 0.2) is 40.8 Å². The van der Waals surface area contributed by atoms with E-state index in [2.05, 4.69) is 5.32 Å². The number of furan rings is 1. The lowest BCUT2D eigenvalue weighted by Gasteiger charge is -2.26. The van der Waals surface area contributed by atoms with E-state index < -0.39 is 11.2 Å². The molecule has 30 heavy (non-hydrogen) atoms. The van der Waals surface area contributed by atoms with Gasteiger partial charge in [-0.3, -0.25) is 9.10 Å². The van der Waals surface area contributed by atoms with Crippen LogP contribution >= 0.6 is 0 Å². The Balaban J connectivity index is 1.95. The molecule has 1 aliphatic rings. The minimum atomic E-state index is -1.32. The first-order valence-electron chi connectivity index (χ1n) is 9.85. The highest BCUT2D eigenvalue weighted by Crippen LogP contribution is 2.39. The number of carbonyl (C=O) groups excluding carboxylic acids is 1. The fraction of sp³-hybridized carbons (Fsp3) is 0.318. The summed E-state index contributed by atoms with van der Waals surface area (Å²) in [4.78, 5) is 12.7. The molecule has 0 saturated carbocycles. The Morgan fingerprint density at radius 3 is 2.60 bits per heavy atom. The van der Waals surface area contributed by atoms with Crippen LogP contribution in [0.3, 0.4) is 0 Å². The number of rotatable bonds is 4. The lowest BCUT2D eigenvalue weighted by molar-refractivity contribution is 0.0964. The lowest BCUT2D eigenvalue weighted by Crippen LogP contribution is -2.35. The molecular weight excluding hydrogens is 405 g/mol. The van der Waals surface area contributed by atoms with Crippen molar-refractivity contribution in [1.29, 1.82) is 0 Å². The molecule has 0 aliphatic carbocycles. The van der Waals surface area contributed by atoms with Gasteiger partial charge in [0, 0.05) is 44.7 Å². The van der Waals surface area contributed by atoms with Crippen LogP contribution < -0.4 is 9.62 Å². The number of nitrogens with zero attached hydrogens (tertiary/aromatic N) is 2. The van der Waals surface area contributed by atoms with E-state index in [0.717, 1.165) is 30.5 Å². The molecule has 0 bridgehead atoms. The maximum atomic E-state index is 13.4. The highest BCUT2D eigenvalue weighted by molar-refractivity contribution is 7.84. The molecule has 6 nitrogen and oxygen atoms in total. The highest BCUT2D eigenvalue weighted by atomic mass is 32.2.